The Morgan fingerprint density at radius 2 is 2.00 bits per heavy atom. The van der Waals surface area contributed by atoms with Gasteiger partial charge < -0.3 is 15.2 Å². The lowest BCUT2D eigenvalue weighted by atomic mass is 10.2. The van der Waals surface area contributed by atoms with E-state index in [9.17, 15) is 0 Å². The molecule has 4 nitrogen and oxygen atoms in total. The smallest absolute Gasteiger partial charge is 0.0945 e. The molecular weight excluding hydrogens is 248 g/mol. The minimum atomic E-state index is 0.606. The summed E-state index contributed by atoms with van der Waals surface area (Å²) in [5.41, 5.74) is 8.12. The molecule has 0 aliphatic rings. The molecule has 0 saturated heterocycles. The molecule has 0 unspecified atom stereocenters. The zero-order valence-corrected chi connectivity index (χ0v) is 12.2. The van der Waals surface area contributed by atoms with Crippen LogP contribution in [0, 0.1) is 0 Å². The second kappa shape index (κ2) is 7.70. The number of rotatable bonds is 8. The molecule has 0 atom stereocenters. The Balaban J connectivity index is 1.91. The first kappa shape index (κ1) is 14.6. The highest BCUT2D eigenvalue weighted by Crippen LogP contribution is 2.16. The Bertz CT molecular complexity index is 476. The molecule has 4 heteroatoms. The molecule has 1 heterocycles. The lowest BCUT2D eigenvalue weighted by molar-refractivity contribution is 0.618. The first-order chi connectivity index (χ1) is 9.83. The fourth-order valence-electron chi connectivity index (χ4n) is 2.35. The second-order valence-corrected chi connectivity index (χ2v) is 5.01. The standard InChI is InChI=1S/C16H24N4/c1-2-9-20(11-3-10-19-12-8-18-14-19)16-6-4-15(13-17)5-7-16/h4-8,12,14H,2-3,9-11,13,17H2,1H3. The summed E-state index contributed by atoms with van der Waals surface area (Å²) in [7, 11) is 0. The zero-order valence-electron chi connectivity index (χ0n) is 12.2. The van der Waals surface area contributed by atoms with E-state index in [1.165, 1.54) is 11.3 Å². The minimum Gasteiger partial charge on any atom is -0.371 e. The van der Waals surface area contributed by atoms with Crippen LogP contribution in [0.4, 0.5) is 5.69 Å². The highest BCUT2D eigenvalue weighted by molar-refractivity contribution is 5.47. The van der Waals surface area contributed by atoms with Gasteiger partial charge in [-0.1, -0.05) is 19.1 Å². The second-order valence-electron chi connectivity index (χ2n) is 5.01. The summed E-state index contributed by atoms with van der Waals surface area (Å²) in [6.45, 7) is 5.99. The van der Waals surface area contributed by atoms with Crippen molar-refractivity contribution < 1.29 is 0 Å². The number of aromatic nitrogens is 2. The highest BCUT2D eigenvalue weighted by atomic mass is 15.1. The molecule has 1 aromatic carbocycles. The van der Waals surface area contributed by atoms with E-state index in [1.807, 2.05) is 18.7 Å². The molecule has 0 spiro atoms. The molecule has 108 valence electrons. The third-order valence-corrected chi connectivity index (χ3v) is 3.43. The van der Waals surface area contributed by atoms with Crippen molar-refractivity contribution in [2.24, 2.45) is 5.73 Å². The van der Waals surface area contributed by atoms with Gasteiger partial charge in [-0.25, -0.2) is 4.98 Å². The average molecular weight is 272 g/mol. The molecule has 20 heavy (non-hydrogen) atoms. The number of hydrogen-bond acceptors (Lipinski definition) is 3. The van der Waals surface area contributed by atoms with Gasteiger partial charge in [0.2, 0.25) is 0 Å². The number of nitrogens with zero attached hydrogens (tertiary/aromatic N) is 3. The van der Waals surface area contributed by atoms with E-state index in [4.69, 9.17) is 5.73 Å². The van der Waals surface area contributed by atoms with Gasteiger partial charge in [-0.2, -0.15) is 0 Å². The van der Waals surface area contributed by atoms with Crippen LogP contribution in [0.25, 0.3) is 0 Å². The molecular formula is C16H24N4. The van der Waals surface area contributed by atoms with Crippen LogP contribution in [0.2, 0.25) is 0 Å². The fourth-order valence-corrected chi connectivity index (χ4v) is 2.35. The van der Waals surface area contributed by atoms with Crippen LogP contribution in [0.1, 0.15) is 25.3 Å². The number of nitrogens with two attached hydrogens (primary N) is 1. The molecule has 0 saturated carbocycles. The van der Waals surface area contributed by atoms with Crippen molar-refractivity contribution >= 4 is 5.69 Å². The summed E-state index contributed by atoms with van der Waals surface area (Å²) in [6, 6.07) is 8.59. The lowest BCUT2D eigenvalue weighted by Crippen LogP contribution is -2.26. The summed E-state index contributed by atoms with van der Waals surface area (Å²) < 4.78 is 2.13. The largest absolute Gasteiger partial charge is 0.371 e. The molecule has 0 amide bonds. The van der Waals surface area contributed by atoms with Gasteiger partial charge in [0, 0.05) is 44.3 Å². The van der Waals surface area contributed by atoms with Gasteiger partial charge in [0.1, 0.15) is 0 Å². The van der Waals surface area contributed by atoms with Crippen molar-refractivity contribution in [3.63, 3.8) is 0 Å². The summed E-state index contributed by atoms with van der Waals surface area (Å²) in [6.07, 6.45) is 7.99. The molecule has 2 N–H and O–H groups in total. The van der Waals surface area contributed by atoms with E-state index in [0.717, 1.165) is 32.5 Å². The Morgan fingerprint density at radius 1 is 1.20 bits per heavy atom. The summed E-state index contributed by atoms with van der Waals surface area (Å²) >= 11 is 0. The first-order valence-electron chi connectivity index (χ1n) is 7.33. The van der Waals surface area contributed by atoms with Crippen LogP contribution in [0.3, 0.4) is 0 Å². The zero-order chi connectivity index (χ0) is 14.2. The monoisotopic (exact) mass is 272 g/mol. The minimum absolute atomic E-state index is 0.606. The molecule has 2 rings (SSSR count). The number of hydrogen-bond donors (Lipinski definition) is 1. The first-order valence-corrected chi connectivity index (χ1v) is 7.33. The molecule has 0 bridgehead atoms. The lowest BCUT2D eigenvalue weighted by Gasteiger charge is -2.24. The van der Waals surface area contributed by atoms with Crippen molar-refractivity contribution in [2.45, 2.75) is 32.9 Å². The van der Waals surface area contributed by atoms with Gasteiger partial charge in [0.25, 0.3) is 0 Å². The highest BCUT2D eigenvalue weighted by Gasteiger charge is 2.05. The van der Waals surface area contributed by atoms with Crippen LogP contribution in [0.15, 0.2) is 43.0 Å². The Labute approximate surface area is 121 Å². The number of anilines is 1. The van der Waals surface area contributed by atoms with Crippen molar-refractivity contribution in [3.05, 3.63) is 48.5 Å². The van der Waals surface area contributed by atoms with Crippen LogP contribution < -0.4 is 10.6 Å². The van der Waals surface area contributed by atoms with E-state index in [1.54, 1.807) is 0 Å². The third-order valence-electron chi connectivity index (χ3n) is 3.43. The summed E-state index contributed by atoms with van der Waals surface area (Å²) in [5.74, 6) is 0. The quantitative estimate of drug-likeness (QED) is 0.803. The van der Waals surface area contributed by atoms with Crippen LogP contribution in [0.5, 0.6) is 0 Å². The van der Waals surface area contributed by atoms with Crippen molar-refractivity contribution in [3.8, 4) is 0 Å². The molecule has 1 aromatic heterocycles. The van der Waals surface area contributed by atoms with Crippen LogP contribution in [-0.4, -0.2) is 22.6 Å². The Hall–Kier alpha value is -1.81. The maximum absolute atomic E-state index is 5.65. The predicted molar refractivity (Wildman–Crippen MR) is 83.7 cm³/mol. The van der Waals surface area contributed by atoms with Crippen molar-refractivity contribution in [1.82, 2.24) is 9.55 Å². The third kappa shape index (κ3) is 4.10. The molecule has 0 fully saturated rings. The average Bonchev–Trinajstić information content (AvgIpc) is 3.00. The summed E-state index contributed by atoms with van der Waals surface area (Å²) in [4.78, 5) is 6.51. The molecule has 0 aliphatic heterocycles. The topological polar surface area (TPSA) is 47.1 Å². The number of imidazole rings is 1. The fraction of sp³-hybridized carbons (Fsp3) is 0.438. The van der Waals surface area contributed by atoms with E-state index in [0.29, 0.717) is 6.54 Å². The van der Waals surface area contributed by atoms with E-state index in [2.05, 4.69) is 45.6 Å². The molecule has 2 aromatic rings. The van der Waals surface area contributed by atoms with E-state index in [-0.39, 0.29) is 0 Å². The van der Waals surface area contributed by atoms with Gasteiger partial charge in [-0.3, -0.25) is 0 Å². The molecule has 0 radical (unpaired) electrons. The maximum atomic E-state index is 5.65. The normalized spacial score (nSPS) is 10.7. The number of aryl methyl sites for hydroxylation is 1. The SMILES string of the molecule is CCCN(CCCn1ccnc1)c1ccc(CN)cc1. The predicted octanol–water partition coefficient (Wildman–Crippen LogP) is 2.65. The van der Waals surface area contributed by atoms with Gasteiger partial charge >= 0.3 is 0 Å². The maximum Gasteiger partial charge on any atom is 0.0945 e. The summed E-state index contributed by atoms with van der Waals surface area (Å²) in [5, 5.41) is 0. The van der Waals surface area contributed by atoms with Crippen molar-refractivity contribution in [1.29, 1.82) is 0 Å². The van der Waals surface area contributed by atoms with Gasteiger partial charge in [0.05, 0.1) is 6.33 Å². The van der Waals surface area contributed by atoms with E-state index >= 15 is 0 Å². The van der Waals surface area contributed by atoms with Crippen LogP contribution >= 0.6 is 0 Å². The van der Waals surface area contributed by atoms with Gasteiger partial charge in [0.15, 0.2) is 0 Å². The van der Waals surface area contributed by atoms with Gasteiger partial charge in [-0.15, -0.1) is 0 Å². The van der Waals surface area contributed by atoms with Crippen molar-refractivity contribution in [2.75, 3.05) is 18.0 Å². The van der Waals surface area contributed by atoms with Crippen LogP contribution in [-0.2, 0) is 13.1 Å². The number of benzene rings is 1. The molecule has 0 aliphatic carbocycles. The van der Waals surface area contributed by atoms with E-state index < -0.39 is 0 Å². The Kier molecular flexibility index (Phi) is 5.62. The Morgan fingerprint density at radius 3 is 2.60 bits per heavy atom. The van der Waals surface area contributed by atoms with Gasteiger partial charge in [-0.05, 0) is 30.5 Å².